The molecule has 226 valence electrons. The molecule has 5 rings (SSSR count). The number of amidine groups is 1. The predicted molar refractivity (Wildman–Crippen MR) is 162 cm³/mol. The third-order valence-electron chi connectivity index (χ3n) is 6.70. The summed E-state index contributed by atoms with van der Waals surface area (Å²) < 4.78 is 40.5. The van der Waals surface area contributed by atoms with Crippen molar-refractivity contribution in [1.82, 2.24) is 14.9 Å². The van der Waals surface area contributed by atoms with E-state index in [1.165, 1.54) is 11.0 Å². The van der Waals surface area contributed by atoms with Crippen LogP contribution in [0.2, 0.25) is 0 Å². The zero-order valence-corrected chi connectivity index (χ0v) is 24.8. The first-order valence-corrected chi connectivity index (χ1v) is 14.4. The van der Waals surface area contributed by atoms with Gasteiger partial charge in [0.1, 0.15) is 17.3 Å². The third-order valence-corrected chi connectivity index (χ3v) is 7.43. The minimum Gasteiger partial charge on any atom is -0.462 e. The van der Waals surface area contributed by atoms with E-state index in [2.05, 4.69) is 15.3 Å². The third kappa shape index (κ3) is 6.60. The molecule has 1 unspecified atom stereocenters. The quantitative estimate of drug-likeness (QED) is 0.192. The van der Waals surface area contributed by atoms with Crippen LogP contribution in [0.15, 0.2) is 66.3 Å². The van der Waals surface area contributed by atoms with E-state index in [1.54, 1.807) is 75.6 Å². The monoisotopic (exact) mass is 616 g/mol. The number of carbonyl (C=O) groups excluding carboxylic acids is 2. The van der Waals surface area contributed by atoms with E-state index in [0.717, 1.165) is 0 Å². The SMILES string of the molecule is Cc1cc(Oc2nc(Oc3cccc(C(=O)N(C)C)c3)nc3c2NC(=O)C(CC2=CCC(=S(=O)=O)C=C2)O3)ccc1C(=N)N. The van der Waals surface area contributed by atoms with Crippen LogP contribution in [0.25, 0.3) is 0 Å². The molecule has 1 aromatic heterocycles. The number of carbonyl (C=O) groups is 2. The van der Waals surface area contributed by atoms with Gasteiger partial charge in [-0.3, -0.25) is 15.0 Å². The largest absolute Gasteiger partial charge is 0.462 e. The second-order valence-electron chi connectivity index (χ2n) is 10.1. The van der Waals surface area contributed by atoms with Gasteiger partial charge >= 0.3 is 6.01 Å². The second-order valence-corrected chi connectivity index (χ2v) is 11.1. The molecule has 1 aliphatic heterocycles. The molecule has 0 spiro atoms. The number of allylic oxidation sites excluding steroid dienone is 3. The number of hydrogen-bond acceptors (Lipinski definition) is 10. The van der Waals surface area contributed by atoms with Crippen LogP contribution in [0.5, 0.6) is 29.3 Å². The smallest absolute Gasteiger partial charge is 0.328 e. The minimum absolute atomic E-state index is 0.0134. The molecule has 1 aliphatic carbocycles. The van der Waals surface area contributed by atoms with Crippen molar-refractivity contribution in [2.75, 3.05) is 19.4 Å². The maximum Gasteiger partial charge on any atom is 0.328 e. The van der Waals surface area contributed by atoms with Gasteiger partial charge in [0.2, 0.25) is 16.2 Å². The number of amides is 2. The summed E-state index contributed by atoms with van der Waals surface area (Å²) in [5, 5.41) is 10.5. The van der Waals surface area contributed by atoms with Crippen molar-refractivity contribution in [2.45, 2.75) is 25.9 Å². The number of rotatable bonds is 8. The fourth-order valence-corrected chi connectivity index (χ4v) is 4.87. The highest BCUT2D eigenvalue weighted by Crippen LogP contribution is 2.40. The first-order chi connectivity index (χ1) is 21.0. The van der Waals surface area contributed by atoms with Crippen LogP contribution < -0.4 is 25.3 Å². The predicted octanol–water partition coefficient (Wildman–Crippen LogP) is 3.38. The van der Waals surface area contributed by atoms with Gasteiger partial charge < -0.3 is 30.2 Å². The first kappa shape index (κ1) is 30.0. The van der Waals surface area contributed by atoms with Gasteiger partial charge in [-0.15, -0.1) is 0 Å². The Bertz CT molecular complexity index is 1890. The van der Waals surface area contributed by atoms with Crippen molar-refractivity contribution in [1.29, 1.82) is 5.41 Å². The number of benzene rings is 2. The molecule has 4 N–H and O–H groups in total. The Kier molecular flexibility index (Phi) is 8.44. The van der Waals surface area contributed by atoms with E-state index in [9.17, 15) is 18.0 Å². The van der Waals surface area contributed by atoms with Gasteiger partial charge in [-0.25, -0.2) is 0 Å². The summed E-state index contributed by atoms with van der Waals surface area (Å²) in [6, 6.07) is 11.2. The fraction of sp³-hybridized carbons (Fsp3) is 0.200. The fourth-order valence-electron chi connectivity index (χ4n) is 4.47. The Morgan fingerprint density at radius 1 is 1.14 bits per heavy atom. The highest BCUT2D eigenvalue weighted by atomic mass is 32.2. The van der Waals surface area contributed by atoms with Gasteiger partial charge in [-0.2, -0.15) is 18.4 Å². The topological polar surface area (TPSA) is 187 Å². The zero-order valence-electron chi connectivity index (χ0n) is 24.0. The van der Waals surface area contributed by atoms with Crippen LogP contribution in [-0.4, -0.2) is 66.0 Å². The summed E-state index contributed by atoms with van der Waals surface area (Å²) in [7, 11) is 0.958. The Morgan fingerprint density at radius 3 is 2.57 bits per heavy atom. The molecule has 1 atom stereocenters. The van der Waals surface area contributed by atoms with Gasteiger partial charge in [-0.05, 0) is 60.5 Å². The highest BCUT2D eigenvalue weighted by molar-refractivity contribution is 7.73. The van der Waals surface area contributed by atoms with E-state index in [4.69, 9.17) is 25.4 Å². The molecule has 2 amide bonds. The molecule has 0 radical (unpaired) electrons. The molecule has 14 heteroatoms. The Balaban J connectivity index is 1.48. The molecular formula is C30H28N6O7S. The van der Waals surface area contributed by atoms with Crippen molar-refractivity contribution in [3.63, 3.8) is 0 Å². The molecule has 2 aromatic carbocycles. The molecule has 13 nitrogen and oxygen atoms in total. The number of ether oxygens (including phenoxy) is 3. The Morgan fingerprint density at radius 2 is 1.91 bits per heavy atom. The molecule has 44 heavy (non-hydrogen) atoms. The maximum atomic E-state index is 13.1. The van der Waals surface area contributed by atoms with Crippen LogP contribution in [0.1, 0.15) is 34.3 Å². The average Bonchev–Trinajstić information content (AvgIpc) is 2.98. The molecule has 2 aliphatic rings. The van der Waals surface area contributed by atoms with Crippen LogP contribution in [0.4, 0.5) is 5.69 Å². The van der Waals surface area contributed by atoms with Crippen molar-refractivity contribution in [2.24, 2.45) is 5.73 Å². The minimum atomic E-state index is -2.32. The number of anilines is 1. The van der Waals surface area contributed by atoms with Gasteiger partial charge in [0.25, 0.3) is 17.7 Å². The molecule has 0 fully saturated rings. The number of aryl methyl sites for hydroxylation is 1. The number of nitrogens with zero attached hydrogens (tertiary/aromatic N) is 3. The number of nitrogens with two attached hydrogens (primary N) is 1. The van der Waals surface area contributed by atoms with Crippen LogP contribution in [0.3, 0.4) is 0 Å². The van der Waals surface area contributed by atoms with Crippen molar-refractivity contribution in [3.8, 4) is 29.3 Å². The molecule has 3 aromatic rings. The Hall–Kier alpha value is -5.50. The Labute approximate surface area is 254 Å². The van der Waals surface area contributed by atoms with E-state index in [-0.39, 0.29) is 58.7 Å². The van der Waals surface area contributed by atoms with Crippen LogP contribution in [-0.2, 0) is 15.1 Å². The normalized spacial score (nSPS) is 15.3. The first-order valence-electron chi connectivity index (χ1n) is 13.3. The summed E-state index contributed by atoms with van der Waals surface area (Å²) in [6.45, 7) is 1.77. The summed E-state index contributed by atoms with van der Waals surface area (Å²) >= 11 is 0. The van der Waals surface area contributed by atoms with E-state index < -0.39 is 22.3 Å². The number of nitrogens with one attached hydrogen (secondary N) is 2. The lowest BCUT2D eigenvalue weighted by atomic mass is 10.0. The van der Waals surface area contributed by atoms with E-state index in [0.29, 0.717) is 28.0 Å². The van der Waals surface area contributed by atoms with Crippen LogP contribution in [0, 0.1) is 12.3 Å². The lowest BCUT2D eigenvalue weighted by Gasteiger charge is -2.26. The summed E-state index contributed by atoms with van der Waals surface area (Å²) in [6.07, 6.45) is 4.20. The molecular weight excluding hydrogens is 588 g/mol. The van der Waals surface area contributed by atoms with E-state index >= 15 is 0 Å². The molecule has 0 bridgehead atoms. The van der Waals surface area contributed by atoms with Gasteiger partial charge in [0, 0.05) is 38.1 Å². The summed E-state index contributed by atoms with van der Waals surface area (Å²) in [5.74, 6) is -0.252. The lowest BCUT2D eigenvalue weighted by Crippen LogP contribution is -2.38. The molecule has 0 saturated carbocycles. The van der Waals surface area contributed by atoms with Crippen LogP contribution >= 0.6 is 0 Å². The average molecular weight is 617 g/mol. The number of aromatic nitrogens is 2. The second kappa shape index (κ2) is 12.4. The maximum absolute atomic E-state index is 13.1. The van der Waals surface area contributed by atoms with Crippen molar-refractivity contribution >= 4 is 38.5 Å². The van der Waals surface area contributed by atoms with Gasteiger partial charge in [0.15, 0.2) is 11.8 Å². The summed E-state index contributed by atoms with van der Waals surface area (Å²) in [4.78, 5) is 36.0. The van der Waals surface area contributed by atoms with Gasteiger partial charge in [0.05, 0.1) is 4.86 Å². The molecule has 2 heterocycles. The lowest BCUT2D eigenvalue weighted by molar-refractivity contribution is -0.123. The number of fused-ring (bicyclic) bond motifs is 1. The van der Waals surface area contributed by atoms with Crippen molar-refractivity contribution < 1.29 is 32.2 Å². The number of hydrogen-bond donors (Lipinski definition) is 3. The molecule has 0 saturated heterocycles. The standard InChI is InChI=1S/C30H28N6O7S/c1-16-13-20(9-12-22(16)25(31)32)41-27-24-28(35-30(34-27)42-19-6-4-5-18(15-19)29(38)36(2)3)43-23(26(37)33-24)14-17-7-10-21(11-8-17)44(39)40/h4-10,12-13,15,23H,11,14H2,1-3H3,(H3,31,32)(H,33,37). The van der Waals surface area contributed by atoms with Gasteiger partial charge in [-0.1, -0.05) is 18.2 Å². The van der Waals surface area contributed by atoms with E-state index in [1.807, 2.05) is 0 Å². The zero-order chi connectivity index (χ0) is 31.5. The number of nitrogen functional groups attached to an aromatic ring is 1. The highest BCUT2D eigenvalue weighted by Gasteiger charge is 2.33. The van der Waals surface area contributed by atoms with Crippen molar-refractivity contribution in [3.05, 3.63) is 83.0 Å². The summed E-state index contributed by atoms with van der Waals surface area (Å²) in [5.41, 5.74) is 8.05.